The highest BCUT2D eigenvalue weighted by molar-refractivity contribution is 6.03. The number of aromatic nitrogens is 3. The highest BCUT2D eigenvalue weighted by Crippen LogP contribution is 2.35. The van der Waals surface area contributed by atoms with Crippen LogP contribution in [0, 0.1) is 5.92 Å². The Balaban J connectivity index is 1.44. The van der Waals surface area contributed by atoms with Gasteiger partial charge in [-0.1, -0.05) is 18.2 Å². The van der Waals surface area contributed by atoms with Crippen LogP contribution in [0.25, 0.3) is 11.5 Å². The van der Waals surface area contributed by atoms with E-state index in [2.05, 4.69) is 20.3 Å². The number of nitrogens with zero attached hydrogens (tertiary/aromatic N) is 4. The van der Waals surface area contributed by atoms with Gasteiger partial charge in [-0.3, -0.25) is 9.59 Å². The number of piperidine rings is 1. The number of halogens is 3. The number of alkyl halides is 3. The smallest absolute Gasteiger partial charge is 0.452 e. The molecule has 1 fully saturated rings. The van der Waals surface area contributed by atoms with E-state index in [1.165, 1.54) is 24.5 Å². The van der Waals surface area contributed by atoms with E-state index in [0.29, 0.717) is 44.0 Å². The first kappa shape index (κ1) is 24.2. The van der Waals surface area contributed by atoms with E-state index in [1.807, 2.05) is 4.90 Å². The molecule has 184 valence electrons. The van der Waals surface area contributed by atoms with E-state index >= 15 is 0 Å². The molecule has 1 aliphatic rings. The number of amides is 1. The third-order valence-electron chi connectivity index (χ3n) is 5.41. The maximum Gasteiger partial charge on any atom is 0.452 e. The minimum absolute atomic E-state index is 0.0949. The Kier molecular flexibility index (Phi) is 6.99. The van der Waals surface area contributed by atoms with Crippen LogP contribution < -0.4 is 10.2 Å². The summed E-state index contributed by atoms with van der Waals surface area (Å²) in [5, 5.41) is 2.34. The molecule has 12 heteroatoms. The molecule has 1 amide bonds. The van der Waals surface area contributed by atoms with Crippen LogP contribution in [-0.2, 0) is 15.7 Å². The number of hydrogen-bond acceptors (Lipinski definition) is 8. The van der Waals surface area contributed by atoms with Crippen molar-refractivity contribution in [1.29, 1.82) is 0 Å². The summed E-state index contributed by atoms with van der Waals surface area (Å²) >= 11 is 0. The maximum absolute atomic E-state index is 13.5. The highest BCUT2D eigenvalue weighted by Gasteiger charge is 2.42. The maximum atomic E-state index is 13.5. The lowest BCUT2D eigenvalue weighted by Gasteiger charge is -2.30. The average molecular weight is 489 g/mol. The van der Waals surface area contributed by atoms with Crippen molar-refractivity contribution >= 4 is 23.5 Å². The van der Waals surface area contributed by atoms with Crippen LogP contribution in [0.15, 0.2) is 47.1 Å². The molecule has 35 heavy (non-hydrogen) atoms. The van der Waals surface area contributed by atoms with E-state index in [1.54, 1.807) is 25.1 Å². The topological polar surface area (TPSA) is 110 Å². The average Bonchev–Trinajstić information content (AvgIpc) is 3.32. The van der Waals surface area contributed by atoms with Gasteiger partial charge in [-0.25, -0.2) is 15.0 Å². The summed E-state index contributed by atoms with van der Waals surface area (Å²) < 4.78 is 50.4. The van der Waals surface area contributed by atoms with Crippen molar-refractivity contribution in [3.63, 3.8) is 0 Å². The molecule has 0 spiro atoms. The van der Waals surface area contributed by atoms with Gasteiger partial charge in [0.2, 0.25) is 17.6 Å². The SMILES string of the molecule is CCOC(=O)C1CCN(c2ncc(NC(=O)c3nc(-c4ccccc4)oc3C(F)(F)F)cn2)CC1. The first-order chi connectivity index (χ1) is 16.8. The fraction of sp³-hybridized carbons (Fsp3) is 0.348. The molecule has 0 saturated carbocycles. The van der Waals surface area contributed by atoms with Crippen molar-refractivity contribution < 1.29 is 31.9 Å². The summed E-state index contributed by atoms with van der Waals surface area (Å²) in [4.78, 5) is 38.6. The molecule has 1 saturated heterocycles. The van der Waals surface area contributed by atoms with Gasteiger partial charge in [-0.15, -0.1) is 0 Å². The van der Waals surface area contributed by atoms with Crippen LogP contribution >= 0.6 is 0 Å². The zero-order chi connectivity index (χ0) is 25.0. The molecule has 1 aliphatic heterocycles. The number of anilines is 2. The Hall–Kier alpha value is -3.96. The number of nitrogens with one attached hydrogen (secondary N) is 1. The Labute approximate surface area is 198 Å². The van der Waals surface area contributed by atoms with Crippen LogP contribution in [0.5, 0.6) is 0 Å². The van der Waals surface area contributed by atoms with E-state index < -0.39 is 23.5 Å². The molecule has 3 heterocycles. The van der Waals surface area contributed by atoms with Gasteiger partial charge >= 0.3 is 12.1 Å². The van der Waals surface area contributed by atoms with Crippen molar-refractivity contribution in [1.82, 2.24) is 15.0 Å². The predicted octanol–water partition coefficient (Wildman–Crippen LogP) is 4.18. The van der Waals surface area contributed by atoms with Crippen molar-refractivity contribution in [2.75, 3.05) is 29.9 Å². The molecule has 9 nitrogen and oxygen atoms in total. The first-order valence-electron chi connectivity index (χ1n) is 10.9. The Morgan fingerprint density at radius 3 is 2.40 bits per heavy atom. The number of carbonyl (C=O) groups is 2. The van der Waals surface area contributed by atoms with E-state index in [-0.39, 0.29) is 23.5 Å². The van der Waals surface area contributed by atoms with Gasteiger partial charge in [-0.05, 0) is 31.9 Å². The molecule has 0 bridgehead atoms. The van der Waals surface area contributed by atoms with Crippen molar-refractivity contribution in [3.8, 4) is 11.5 Å². The fourth-order valence-corrected chi connectivity index (χ4v) is 3.69. The van der Waals surface area contributed by atoms with Crippen molar-refractivity contribution in [2.45, 2.75) is 25.9 Å². The molecule has 3 aromatic rings. The minimum atomic E-state index is -4.91. The van der Waals surface area contributed by atoms with E-state index in [9.17, 15) is 22.8 Å². The third kappa shape index (κ3) is 5.58. The largest absolute Gasteiger partial charge is 0.466 e. The van der Waals surface area contributed by atoms with Crippen LogP contribution in [0.1, 0.15) is 36.0 Å². The van der Waals surface area contributed by atoms with Crippen LogP contribution in [0.4, 0.5) is 24.8 Å². The second kappa shape index (κ2) is 10.1. The fourth-order valence-electron chi connectivity index (χ4n) is 3.69. The summed E-state index contributed by atoms with van der Waals surface area (Å²) in [6, 6.07) is 7.97. The van der Waals surface area contributed by atoms with Crippen LogP contribution in [0.2, 0.25) is 0 Å². The molecule has 0 radical (unpaired) electrons. The number of hydrogen-bond donors (Lipinski definition) is 1. The normalized spacial score (nSPS) is 14.6. The zero-order valence-corrected chi connectivity index (χ0v) is 18.7. The Bertz CT molecular complexity index is 1170. The Morgan fingerprint density at radius 2 is 1.80 bits per heavy atom. The van der Waals surface area contributed by atoms with E-state index in [4.69, 9.17) is 9.15 Å². The summed E-state index contributed by atoms with van der Waals surface area (Å²) in [5.74, 6) is -2.91. The van der Waals surface area contributed by atoms with Gasteiger partial charge in [0.1, 0.15) is 0 Å². The molecule has 1 N–H and O–H groups in total. The summed E-state index contributed by atoms with van der Waals surface area (Å²) in [6.45, 7) is 3.19. The highest BCUT2D eigenvalue weighted by atomic mass is 19.4. The molecule has 0 unspecified atom stereocenters. The molecule has 4 rings (SSSR count). The van der Waals surface area contributed by atoms with Gasteiger partial charge in [0.15, 0.2) is 5.69 Å². The quantitative estimate of drug-likeness (QED) is 0.514. The number of oxazole rings is 1. The van der Waals surface area contributed by atoms with Gasteiger partial charge < -0.3 is 19.4 Å². The Morgan fingerprint density at radius 1 is 1.14 bits per heavy atom. The molecule has 1 aromatic carbocycles. The lowest BCUT2D eigenvalue weighted by atomic mass is 9.97. The second-order valence-corrected chi connectivity index (χ2v) is 7.80. The number of benzene rings is 1. The predicted molar refractivity (Wildman–Crippen MR) is 118 cm³/mol. The molecule has 0 atom stereocenters. The molecule has 2 aromatic heterocycles. The van der Waals surface area contributed by atoms with E-state index in [0.717, 1.165) is 0 Å². The van der Waals surface area contributed by atoms with Crippen LogP contribution in [-0.4, -0.2) is 46.5 Å². The second-order valence-electron chi connectivity index (χ2n) is 7.80. The zero-order valence-electron chi connectivity index (χ0n) is 18.7. The standard InChI is InChI=1S/C23H22F3N5O4/c1-2-34-21(33)15-8-10-31(11-9-15)22-27-12-16(13-28-22)29-19(32)17-18(23(24,25)26)35-20(30-17)14-6-4-3-5-7-14/h3-7,12-13,15H,2,8-11H2,1H3,(H,29,32). The number of rotatable bonds is 6. The van der Waals surface area contributed by atoms with Gasteiger partial charge in [0.25, 0.3) is 5.91 Å². The summed E-state index contributed by atoms with van der Waals surface area (Å²) in [7, 11) is 0. The van der Waals surface area contributed by atoms with Gasteiger partial charge in [0, 0.05) is 18.7 Å². The summed E-state index contributed by atoms with van der Waals surface area (Å²) in [6.07, 6.45) is -1.14. The van der Waals surface area contributed by atoms with Crippen LogP contribution in [0.3, 0.4) is 0 Å². The van der Waals surface area contributed by atoms with Crippen molar-refractivity contribution in [3.05, 3.63) is 54.2 Å². The number of ether oxygens (including phenoxy) is 1. The monoisotopic (exact) mass is 489 g/mol. The molecule has 0 aliphatic carbocycles. The lowest BCUT2D eigenvalue weighted by molar-refractivity contribution is -0.153. The van der Waals surface area contributed by atoms with Gasteiger partial charge in [-0.2, -0.15) is 13.2 Å². The number of esters is 1. The third-order valence-corrected chi connectivity index (χ3v) is 5.41. The lowest BCUT2D eigenvalue weighted by Crippen LogP contribution is -2.37. The van der Waals surface area contributed by atoms with Gasteiger partial charge in [0.05, 0.1) is 30.6 Å². The van der Waals surface area contributed by atoms with Crippen molar-refractivity contribution in [2.24, 2.45) is 5.92 Å². The molecular weight excluding hydrogens is 467 g/mol. The number of carbonyl (C=O) groups excluding carboxylic acids is 2. The minimum Gasteiger partial charge on any atom is -0.466 e. The summed E-state index contributed by atoms with van der Waals surface area (Å²) in [5.41, 5.74) is -0.490. The molecular formula is C23H22F3N5O4. The first-order valence-corrected chi connectivity index (χ1v) is 10.9.